The molecular formula is C27H24N2O3. The van der Waals surface area contributed by atoms with Gasteiger partial charge in [0.2, 0.25) is 5.72 Å². The number of carbonyl (C=O) groups excluding carboxylic acids is 1. The minimum absolute atomic E-state index is 0.337. The quantitative estimate of drug-likeness (QED) is 0.376. The summed E-state index contributed by atoms with van der Waals surface area (Å²) in [7, 11) is 1.96. The maximum absolute atomic E-state index is 13.1. The highest BCUT2D eigenvalue weighted by Crippen LogP contribution is 2.50. The lowest BCUT2D eigenvalue weighted by molar-refractivity contribution is 0.0134. The van der Waals surface area contributed by atoms with Crippen LogP contribution in [0.15, 0.2) is 97.3 Å². The maximum atomic E-state index is 13.1. The Bertz CT molecular complexity index is 1250. The number of anilines is 2. The van der Waals surface area contributed by atoms with Crippen molar-refractivity contribution < 1.29 is 14.3 Å². The lowest BCUT2D eigenvalue weighted by atomic mass is 9.91. The third kappa shape index (κ3) is 3.14. The summed E-state index contributed by atoms with van der Waals surface area (Å²) < 4.78 is 13.9. The number of hydrogen-bond acceptors (Lipinski definition) is 4. The van der Waals surface area contributed by atoms with Gasteiger partial charge in [0, 0.05) is 41.9 Å². The van der Waals surface area contributed by atoms with E-state index >= 15 is 0 Å². The van der Waals surface area contributed by atoms with Gasteiger partial charge in [0.05, 0.1) is 12.2 Å². The van der Waals surface area contributed by atoms with Crippen molar-refractivity contribution in [2.45, 2.75) is 12.6 Å². The van der Waals surface area contributed by atoms with Crippen molar-refractivity contribution in [2.75, 3.05) is 11.5 Å². The third-order valence-corrected chi connectivity index (χ3v) is 5.71. The van der Waals surface area contributed by atoms with E-state index < -0.39 is 5.72 Å². The summed E-state index contributed by atoms with van der Waals surface area (Å²) in [5.41, 5.74) is 2.90. The van der Waals surface area contributed by atoms with E-state index in [-0.39, 0.29) is 5.97 Å². The average molecular weight is 425 g/mol. The number of aryl methyl sites for hydroxylation is 1. The predicted molar refractivity (Wildman–Crippen MR) is 124 cm³/mol. The van der Waals surface area contributed by atoms with E-state index in [0.717, 1.165) is 28.3 Å². The Hall–Kier alpha value is -3.99. The van der Waals surface area contributed by atoms with Crippen molar-refractivity contribution in [3.63, 3.8) is 0 Å². The van der Waals surface area contributed by atoms with Crippen LogP contribution >= 0.6 is 0 Å². The molecule has 1 aliphatic rings. The van der Waals surface area contributed by atoms with Crippen LogP contribution in [0.25, 0.3) is 0 Å². The molecule has 0 saturated carbocycles. The van der Waals surface area contributed by atoms with Crippen molar-refractivity contribution in [1.29, 1.82) is 0 Å². The maximum Gasteiger partial charge on any atom is 0.341 e. The molecule has 5 heteroatoms. The van der Waals surface area contributed by atoms with Gasteiger partial charge in [0.1, 0.15) is 5.75 Å². The first kappa shape index (κ1) is 19.9. The Kier molecular flexibility index (Phi) is 4.94. The number of carbonyl (C=O) groups is 1. The van der Waals surface area contributed by atoms with Gasteiger partial charge in [0.15, 0.2) is 0 Å². The molecule has 4 aromatic rings. The Balaban J connectivity index is 1.79. The number of esters is 1. The van der Waals surface area contributed by atoms with Gasteiger partial charge >= 0.3 is 5.97 Å². The first-order valence-corrected chi connectivity index (χ1v) is 10.7. The van der Waals surface area contributed by atoms with Gasteiger partial charge < -0.3 is 14.0 Å². The minimum atomic E-state index is -1.15. The summed E-state index contributed by atoms with van der Waals surface area (Å²) in [4.78, 5) is 15.2. The highest BCUT2D eigenvalue weighted by Gasteiger charge is 2.52. The van der Waals surface area contributed by atoms with Crippen molar-refractivity contribution in [3.8, 4) is 5.75 Å². The molecule has 0 bridgehead atoms. The molecule has 0 spiro atoms. The van der Waals surface area contributed by atoms with E-state index in [2.05, 4.69) is 4.90 Å². The summed E-state index contributed by atoms with van der Waals surface area (Å²) in [6, 6.07) is 27.5. The summed E-state index contributed by atoms with van der Waals surface area (Å²) in [5, 5.41) is 0. The zero-order valence-corrected chi connectivity index (χ0v) is 18.1. The molecule has 0 radical (unpaired) electrons. The fourth-order valence-corrected chi connectivity index (χ4v) is 4.36. The molecule has 1 atom stereocenters. The summed E-state index contributed by atoms with van der Waals surface area (Å²) in [6.07, 6.45) is 3.97. The van der Waals surface area contributed by atoms with Gasteiger partial charge in [-0.25, -0.2) is 4.79 Å². The Morgan fingerprint density at radius 3 is 2.28 bits per heavy atom. The van der Waals surface area contributed by atoms with Gasteiger partial charge in [0.25, 0.3) is 0 Å². The number of nitrogens with zero attached hydrogens (tertiary/aromatic N) is 2. The second kappa shape index (κ2) is 7.93. The first-order chi connectivity index (χ1) is 15.6. The van der Waals surface area contributed by atoms with Crippen molar-refractivity contribution >= 4 is 17.3 Å². The molecule has 1 aromatic heterocycles. The SMILES string of the molecule is CCOc1ccc(N(c2ccccc2)C2(c3ccn(C)c3)OC(=O)c3ccccc32)cc1. The van der Waals surface area contributed by atoms with Crippen LogP contribution in [0.4, 0.5) is 11.4 Å². The Morgan fingerprint density at radius 1 is 0.906 bits per heavy atom. The molecule has 0 N–H and O–H groups in total. The normalized spacial score (nSPS) is 17.0. The molecule has 160 valence electrons. The molecular weight excluding hydrogens is 400 g/mol. The molecule has 1 unspecified atom stereocenters. The molecule has 0 fully saturated rings. The third-order valence-electron chi connectivity index (χ3n) is 5.71. The standard InChI is InChI=1S/C27H24N2O3/c1-3-31-23-15-13-22(14-16-23)29(21-9-5-4-6-10-21)27(20-17-18-28(2)19-20)25-12-8-7-11-24(25)26(30)32-27/h4-19H,3H2,1-2H3. The zero-order chi connectivity index (χ0) is 22.1. The van der Waals surface area contributed by atoms with Crippen LogP contribution in [0.2, 0.25) is 0 Å². The number of para-hydroxylation sites is 1. The van der Waals surface area contributed by atoms with E-state index in [1.807, 2.05) is 116 Å². The summed E-state index contributed by atoms with van der Waals surface area (Å²) >= 11 is 0. The van der Waals surface area contributed by atoms with Gasteiger partial charge in [-0.2, -0.15) is 0 Å². The molecule has 0 saturated heterocycles. The van der Waals surface area contributed by atoms with Gasteiger partial charge in [-0.3, -0.25) is 4.90 Å². The van der Waals surface area contributed by atoms with E-state index in [1.54, 1.807) is 0 Å². The van der Waals surface area contributed by atoms with Crippen LogP contribution in [0.3, 0.4) is 0 Å². The molecule has 5 rings (SSSR count). The number of hydrogen-bond donors (Lipinski definition) is 0. The number of fused-ring (bicyclic) bond motifs is 1. The number of benzene rings is 3. The molecule has 1 aliphatic heterocycles. The second-order valence-corrected chi connectivity index (χ2v) is 7.74. The van der Waals surface area contributed by atoms with Crippen LogP contribution in [0, 0.1) is 0 Å². The minimum Gasteiger partial charge on any atom is -0.494 e. The van der Waals surface area contributed by atoms with Crippen molar-refractivity contribution in [1.82, 2.24) is 4.57 Å². The Labute approximate surface area is 187 Å². The number of ether oxygens (including phenoxy) is 2. The van der Waals surface area contributed by atoms with Crippen LogP contribution in [-0.4, -0.2) is 17.1 Å². The molecule has 3 aromatic carbocycles. The fourth-order valence-electron chi connectivity index (χ4n) is 4.36. The number of cyclic esters (lactones) is 1. The monoisotopic (exact) mass is 424 g/mol. The van der Waals surface area contributed by atoms with E-state index in [1.165, 1.54) is 0 Å². The second-order valence-electron chi connectivity index (χ2n) is 7.74. The van der Waals surface area contributed by atoms with Gasteiger partial charge in [-0.1, -0.05) is 36.4 Å². The predicted octanol–water partition coefficient (Wildman–Crippen LogP) is 5.63. The van der Waals surface area contributed by atoms with E-state index in [0.29, 0.717) is 12.2 Å². The van der Waals surface area contributed by atoms with Crippen LogP contribution < -0.4 is 9.64 Å². The Morgan fingerprint density at radius 2 is 1.59 bits per heavy atom. The smallest absolute Gasteiger partial charge is 0.341 e. The highest BCUT2D eigenvalue weighted by molar-refractivity contribution is 5.96. The molecule has 2 heterocycles. The lowest BCUT2D eigenvalue weighted by Crippen LogP contribution is -2.44. The summed E-state index contributed by atoms with van der Waals surface area (Å²) in [5.74, 6) is 0.457. The van der Waals surface area contributed by atoms with E-state index in [4.69, 9.17) is 9.47 Å². The molecule has 5 nitrogen and oxygen atoms in total. The van der Waals surface area contributed by atoms with Crippen molar-refractivity contribution in [2.24, 2.45) is 7.05 Å². The zero-order valence-electron chi connectivity index (χ0n) is 18.1. The van der Waals surface area contributed by atoms with Gasteiger partial charge in [-0.05, 0) is 55.5 Å². The molecule has 0 aliphatic carbocycles. The highest BCUT2D eigenvalue weighted by atomic mass is 16.6. The number of rotatable bonds is 6. The van der Waals surface area contributed by atoms with E-state index in [9.17, 15) is 4.79 Å². The van der Waals surface area contributed by atoms with Crippen molar-refractivity contribution in [3.05, 3.63) is 114 Å². The van der Waals surface area contributed by atoms with Gasteiger partial charge in [-0.15, -0.1) is 0 Å². The molecule has 0 amide bonds. The molecule has 32 heavy (non-hydrogen) atoms. The topological polar surface area (TPSA) is 43.7 Å². The number of aromatic nitrogens is 1. The summed E-state index contributed by atoms with van der Waals surface area (Å²) in [6.45, 7) is 2.56. The van der Waals surface area contributed by atoms with Crippen LogP contribution in [-0.2, 0) is 17.5 Å². The van der Waals surface area contributed by atoms with Crippen LogP contribution in [0.1, 0.15) is 28.4 Å². The van der Waals surface area contributed by atoms with Crippen LogP contribution in [0.5, 0.6) is 5.75 Å². The fraction of sp³-hybridized carbons (Fsp3) is 0.148. The first-order valence-electron chi connectivity index (χ1n) is 10.7. The lowest BCUT2D eigenvalue weighted by Gasteiger charge is -2.41. The average Bonchev–Trinajstić information content (AvgIpc) is 3.39. The largest absolute Gasteiger partial charge is 0.494 e.